The second-order valence-electron chi connectivity index (χ2n) is 10.1. The van der Waals surface area contributed by atoms with Gasteiger partial charge in [-0.05, 0) is 56.6 Å². The van der Waals surface area contributed by atoms with E-state index in [9.17, 15) is 32.7 Å². The van der Waals surface area contributed by atoms with Crippen molar-refractivity contribution in [1.29, 1.82) is 0 Å². The minimum atomic E-state index is -4.28. The van der Waals surface area contributed by atoms with Crippen molar-refractivity contribution in [3.8, 4) is 5.75 Å². The van der Waals surface area contributed by atoms with E-state index in [4.69, 9.17) is 9.92 Å². The van der Waals surface area contributed by atoms with Gasteiger partial charge < -0.3 is 15.0 Å². The lowest BCUT2D eigenvalue weighted by atomic mass is 9.53. The van der Waals surface area contributed by atoms with Crippen LogP contribution in [0.1, 0.15) is 22.3 Å². The predicted octanol–water partition coefficient (Wildman–Crippen LogP) is 0.155. The van der Waals surface area contributed by atoms with E-state index in [0.29, 0.717) is 5.56 Å². The second-order valence-corrected chi connectivity index (χ2v) is 11.6. The van der Waals surface area contributed by atoms with Crippen molar-refractivity contribution in [3.05, 3.63) is 59.7 Å². The van der Waals surface area contributed by atoms with Gasteiger partial charge in [-0.2, -0.15) is 8.42 Å². The molecule has 0 saturated heterocycles. The Labute approximate surface area is 213 Å². The fourth-order valence-electron chi connectivity index (χ4n) is 6.11. The Morgan fingerprint density at radius 3 is 2.32 bits per heavy atom. The standard InChI is InChI=1S/C26H26N2O8S/c1-28(2)21-16-12-14-11-13-7-6-10-17(36-37(34,35)15-8-4-3-5-9-15)18(13)22(29)19(14)24(31)26(16,33)25(32)20(27)23(21)30/h3-10,14,16,19-21,33H,11-12,27H2,1-2H3/t14-,16-,19?,20?,21-,26-/m0/s1. The first-order valence-corrected chi connectivity index (χ1v) is 13.2. The molecule has 0 heterocycles. The third kappa shape index (κ3) is 3.68. The third-order valence-corrected chi connectivity index (χ3v) is 9.02. The number of ketones is 4. The van der Waals surface area contributed by atoms with E-state index >= 15 is 0 Å². The molecule has 2 aromatic rings. The van der Waals surface area contributed by atoms with Crippen LogP contribution in [0.4, 0.5) is 0 Å². The van der Waals surface area contributed by atoms with E-state index in [1.807, 2.05) is 0 Å². The summed E-state index contributed by atoms with van der Waals surface area (Å²) in [6.07, 6.45) is 0.250. The van der Waals surface area contributed by atoms with Crippen LogP contribution in [0.15, 0.2) is 53.4 Å². The highest BCUT2D eigenvalue weighted by Crippen LogP contribution is 2.49. The molecule has 0 radical (unpaired) electrons. The molecule has 3 N–H and O–H groups in total. The quantitative estimate of drug-likeness (QED) is 0.415. The summed E-state index contributed by atoms with van der Waals surface area (Å²) in [5, 5.41) is 11.5. The molecule has 37 heavy (non-hydrogen) atoms. The Morgan fingerprint density at radius 2 is 1.68 bits per heavy atom. The molecule has 11 heteroatoms. The number of Topliss-reactive ketones (excluding diaryl/α,β-unsaturated/α-hetero) is 4. The number of fused-ring (bicyclic) bond motifs is 3. The van der Waals surface area contributed by atoms with Gasteiger partial charge in [0.1, 0.15) is 10.9 Å². The van der Waals surface area contributed by atoms with Crippen molar-refractivity contribution in [2.24, 2.45) is 23.5 Å². The molecule has 3 aliphatic rings. The number of carbonyl (C=O) groups is 4. The summed E-state index contributed by atoms with van der Waals surface area (Å²) in [5.74, 6) is -6.75. The van der Waals surface area contributed by atoms with E-state index < -0.39 is 68.7 Å². The molecule has 2 fully saturated rings. The Morgan fingerprint density at radius 1 is 1.00 bits per heavy atom. The Balaban J connectivity index is 1.57. The van der Waals surface area contributed by atoms with E-state index in [1.54, 1.807) is 32.3 Å². The number of rotatable bonds is 4. The molecule has 194 valence electrons. The van der Waals surface area contributed by atoms with Crippen LogP contribution in [0.5, 0.6) is 5.75 Å². The fraction of sp³-hybridized carbons (Fsp3) is 0.385. The lowest BCUT2D eigenvalue weighted by Crippen LogP contribution is -2.75. The Bertz CT molecular complexity index is 1440. The van der Waals surface area contributed by atoms with Crippen molar-refractivity contribution < 1.29 is 36.9 Å². The average molecular weight is 527 g/mol. The van der Waals surface area contributed by atoms with Crippen LogP contribution in [0.3, 0.4) is 0 Å². The highest BCUT2D eigenvalue weighted by Gasteiger charge is 2.67. The Hall–Kier alpha value is -3.25. The predicted molar refractivity (Wildman–Crippen MR) is 129 cm³/mol. The molecule has 0 spiro atoms. The zero-order valence-corrected chi connectivity index (χ0v) is 21.0. The molecule has 5 rings (SSSR count). The van der Waals surface area contributed by atoms with Crippen LogP contribution in [-0.2, 0) is 30.9 Å². The van der Waals surface area contributed by atoms with E-state index in [0.717, 1.165) is 0 Å². The molecule has 10 nitrogen and oxygen atoms in total. The smallest absolute Gasteiger partial charge is 0.339 e. The van der Waals surface area contributed by atoms with Crippen molar-refractivity contribution in [3.63, 3.8) is 0 Å². The first-order chi connectivity index (χ1) is 17.4. The zero-order valence-electron chi connectivity index (χ0n) is 20.2. The normalized spacial score (nSPS) is 31.5. The van der Waals surface area contributed by atoms with Gasteiger partial charge in [-0.1, -0.05) is 30.3 Å². The lowest BCUT2D eigenvalue weighted by Gasteiger charge is -2.52. The minimum absolute atomic E-state index is 0.0541. The van der Waals surface area contributed by atoms with Gasteiger partial charge in [-0.25, -0.2) is 0 Å². The van der Waals surface area contributed by atoms with Crippen LogP contribution in [0, 0.1) is 17.8 Å². The van der Waals surface area contributed by atoms with Crippen molar-refractivity contribution in [2.45, 2.75) is 35.4 Å². The number of nitrogens with two attached hydrogens (primary N) is 1. The van der Waals surface area contributed by atoms with Crippen molar-refractivity contribution in [1.82, 2.24) is 4.90 Å². The average Bonchev–Trinajstić information content (AvgIpc) is 2.85. The first-order valence-electron chi connectivity index (χ1n) is 11.8. The molecule has 2 unspecified atom stereocenters. The van der Waals surface area contributed by atoms with Crippen molar-refractivity contribution in [2.75, 3.05) is 14.1 Å². The summed E-state index contributed by atoms with van der Waals surface area (Å²) < 4.78 is 31.1. The summed E-state index contributed by atoms with van der Waals surface area (Å²) in [7, 11) is -1.09. The molecular formula is C26H26N2O8S. The largest absolute Gasteiger partial charge is 0.378 e. The van der Waals surface area contributed by atoms with Crippen LogP contribution < -0.4 is 9.92 Å². The molecule has 0 bridgehead atoms. The van der Waals surface area contributed by atoms with Crippen LogP contribution in [0.25, 0.3) is 0 Å². The van der Waals surface area contributed by atoms with Gasteiger partial charge in [-0.15, -0.1) is 0 Å². The maximum atomic E-state index is 13.8. The summed E-state index contributed by atoms with van der Waals surface area (Å²) in [6, 6.07) is 9.25. The highest BCUT2D eigenvalue weighted by molar-refractivity contribution is 7.87. The number of benzene rings is 2. The summed E-state index contributed by atoms with van der Waals surface area (Å²) in [6.45, 7) is 0. The number of nitrogens with zero attached hydrogens (tertiary/aromatic N) is 1. The number of hydrogen-bond acceptors (Lipinski definition) is 10. The molecular weight excluding hydrogens is 500 g/mol. The van der Waals surface area contributed by atoms with Gasteiger partial charge in [0.2, 0.25) is 0 Å². The molecule has 0 aliphatic heterocycles. The van der Waals surface area contributed by atoms with Crippen LogP contribution in [-0.4, -0.2) is 73.3 Å². The summed E-state index contributed by atoms with van der Waals surface area (Å²) in [4.78, 5) is 54.8. The molecule has 0 amide bonds. The Kier molecular flexibility index (Phi) is 5.94. The monoisotopic (exact) mass is 526 g/mol. The SMILES string of the molecule is CN(C)[C@@H]1C(=O)C(N)C(=O)[C@@]2(O)C(=O)C3C(=O)c4c(cccc4OS(=O)(=O)c4ccccc4)C[C@H]3C[C@@H]12. The zero-order chi connectivity index (χ0) is 26.9. The maximum absolute atomic E-state index is 13.8. The van der Waals surface area contributed by atoms with Gasteiger partial charge in [0.15, 0.2) is 34.5 Å². The van der Waals surface area contributed by atoms with Crippen LogP contribution in [0.2, 0.25) is 0 Å². The summed E-state index contributed by atoms with van der Waals surface area (Å²) >= 11 is 0. The number of hydrogen-bond donors (Lipinski definition) is 2. The molecule has 0 aromatic heterocycles. The van der Waals surface area contributed by atoms with Gasteiger partial charge >= 0.3 is 10.1 Å². The van der Waals surface area contributed by atoms with Crippen LogP contribution >= 0.6 is 0 Å². The number of aliphatic hydroxyl groups is 1. The summed E-state index contributed by atoms with van der Waals surface area (Å²) in [5.41, 5.74) is 3.62. The lowest BCUT2D eigenvalue weighted by molar-refractivity contribution is -0.178. The molecule has 2 aromatic carbocycles. The number of likely N-dealkylation sites (N-methyl/N-ethyl adjacent to an activating group) is 1. The van der Waals surface area contributed by atoms with Crippen molar-refractivity contribution >= 4 is 33.3 Å². The van der Waals surface area contributed by atoms with Gasteiger partial charge in [0.05, 0.1) is 17.5 Å². The minimum Gasteiger partial charge on any atom is -0.378 e. The molecule has 6 atom stereocenters. The first kappa shape index (κ1) is 25.4. The van der Waals surface area contributed by atoms with Gasteiger partial charge in [0.25, 0.3) is 0 Å². The topological polar surface area (TPSA) is 161 Å². The van der Waals surface area contributed by atoms with Gasteiger partial charge in [0, 0.05) is 5.92 Å². The molecule has 3 aliphatic carbocycles. The van der Waals surface area contributed by atoms with Gasteiger partial charge in [-0.3, -0.25) is 24.1 Å². The van der Waals surface area contributed by atoms with E-state index in [2.05, 4.69) is 0 Å². The highest BCUT2D eigenvalue weighted by atomic mass is 32.2. The second kappa shape index (κ2) is 8.66. The number of carbonyl (C=O) groups excluding carboxylic acids is 4. The van der Waals surface area contributed by atoms with E-state index in [-0.39, 0.29) is 29.1 Å². The maximum Gasteiger partial charge on any atom is 0.339 e. The molecule has 2 saturated carbocycles. The van der Waals surface area contributed by atoms with E-state index in [1.165, 1.54) is 35.2 Å². The fourth-order valence-corrected chi connectivity index (χ4v) is 7.07. The third-order valence-electron chi connectivity index (χ3n) is 7.77.